The van der Waals surface area contributed by atoms with Gasteiger partial charge >= 0.3 is 0 Å². The number of amides is 1. The molecule has 0 fully saturated rings. The van der Waals surface area contributed by atoms with Gasteiger partial charge in [0.25, 0.3) is 0 Å². The van der Waals surface area contributed by atoms with Crippen molar-refractivity contribution in [1.82, 2.24) is 4.90 Å². The summed E-state index contributed by atoms with van der Waals surface area (Å²) in [5, 5.41) is 12.2. The predicted molar refractivity (Wildman–Crippen MR) is 93.8 cm³/mol. The zero-order chi connectivity index (χ0) is 16.5. The third kappa shape index (κ3) is 5.42. The highest BCUT2D eigenvalue weighted by Gasteiger charge is 2.06. The molecule has 2 aromatic rings. The summed E-state index contributed by atoms with van der Waals surface area (Å²) in [4.78, 5) is 12.9. The van der Waals surface area contributed by atoms with Gasteiger partial charge < -0.3 is 15.3 Å². The SMILES string of the molecule is CCN(CCc1ccccc1)CCc1ccc(O)c(NC=O)c1. The number of nitrogens with zero attached hydrogens (tertiary/aromatic N) is 1. The highest BCUT2D eigenvalue weighted by Crippen LogP contribution is 2.23. The van der Waals surface area contributed by atoms with Crippen LogP contribution in [0.5, 0.6) is 5.75 Å². The van der Waals surface area contributed by atoms with E-state index in [2.05, 4.69) is 41.4 Å². The van der Waals surface area contributed by atoms with Crippen molar-refractivity contribution in [3.05, 3.63) is 59.7 Å². The number of aromatic hydroxyl groups is 1. The number of anilines is 1. The first-order chi connectivity index (χ1) is 11.2. The molecule has 0 bridgehead atoms. The lowest BCUT2D eigenvalue weighted by Crippen LogP contribution is -2.28. The summed E-state index contributed by atoms with van der Waals surface area (Å²) in [5.41, 5.74) is 2.92. The average Bonchev–Trinajstić information content (AvgIpc) is 2.59. The van der Waals surface area contributed by atoms with Crippen LogP contribution >= 0.6 is 0 Å². The molecule has 0 aromatic heterocycles. The topological polar surface area (TPSA) is 52.6 Å². The number of rotatable bonds is 9. The van der Waals surface area contributed by atoms with Gasteiger partial charge in [0.15, 0.2) is 0 Å². The zero-order valence-electron chi connectivity index (χ0n) is 13.5. The summed E-state index contributed by atoms with van der Waals surface area (Å²) in [6.07, 6.45) is 2.51. The van der Waals surface area contributed by atoms with E-state index in [0.29, 0.717) is 12.1 Å². The molecule has 0 aliphatic carbocycles. The lowest BCUT2D eigenvalue weighted by Gasteiger charge is -2.20. The number of likely N-dealkylation sites (N-methyl/N-ethyl adjacent to an activating group) is 1. The monoisotopic (exact) mass is 312 g/mol. The molecule has 2 rings (SSSR count). The van der Waals surface area contributed by atoms with Crippen LogP contribution in [0.2, 0.25) is 0 Å². The van der Waals surface area contributed by atoms with E-state index in [1.54, 1.807) is 6.07 Å². The predicted octanol–water partition coefficient (Wildman–Crippen LogP) is 3.07. The van der Waals surface area contributed by atoms with E-state index in [1.165, 1.54) is 5.56 Å². The maximum Gasteiger partial charge on any atom is 0.211 e. The second-order valence-electron chi connectivity index (χ2n) is 5.53. The number of carbonyl (C=O) groups is 1. The Morgan fingerprint density at radius 1 is 1.04 bits per heavy atom. The first kappa shape index (κ1) is 17.0. The normalized spacial score (nSPS) is 10.7. The van der Waals surface area contributed by atoms with Crippen LogP contribution in [0.15, 0.2) is 48.5 Å². The minimum absolute atomic E-state index is 0.0947. The summed E-state index contributed by atoms with van der Waals surface area (Å²) >= 11 is 0. The highest BCUT2D eigenvalue weighted by molar-refractivity contribution is 5.75. The minimum atomic E-state index is 0.0947. The van der Waals surface area contributed by atoms with E-state index in [-0.39, 0.29) is 5.75 Å². The van der Waals surface area contributed by atoms with Gasteiger partial charge in [0.05, 0.1) is 5.69 Å². The van der Waals surface area contributed by atoms with Gasteiger partial charge in [-0.25, -0.2) is 0 Å². The van der Waals surface area contributed by atoms with Crippen LogP contribution in [-0.2, 0) is 17.6 Å². The molecule has 0 saturated heterocycles. The molecule has 0 aliphatic rings. The average molecular weight is 312 g/mol. The Balaban J connectivity index is 1.87. The van der Waals surface area contributed by atoms with Crippen molar-refractivity contribution >= 4 is 12.1 Å². The number of benzene rings is 2. The minimum Gasteiger partial charge on any atom is -0.506 e. The van der Waals surface area contributed by atoms with Gasteiger partial charge in [-0.2, -0.15) is 0 Å². The molecule has 0 saturated carbocycles. The zero-order valence-corrected chi connectivity index (χ0v) is 13.5. The summed E-state index contributed by atoms with van der Waals surface area (Å²) in [6.45, 7) is 5.15. The van der Waals surface area contributed by atoms with E-state index < -0.39 is 0 Å². The van der Waals surface area contributed by atoms with Gasteiger partial charge in [-0.05, 0) is 42.6 Å². The van der Waals surface area contributed by atoms with Crippen LogP contribution in [0.1, 0.15) is 18.1 Å². The smallest absolute Gasteiger partial charge is 0.211 e. The van der Waals surface area contributed by atoms with Crippen molar-refractivity contribution in [2.45, 2.75) is 19.8 Å². The van der Waals surface area contributed by atoms with E-state index in [4.69, 9.17) is 0 Å². The third-order valence-corrected chi connectivity index (χ3v) is 4.00. The van der Waals surface area contributed by atoms with Crippen molar-refractivity contribution in [3.8, 4) is 5.75 Å². The number of phenols is 1. The van der Waals surface area contributed by atoms with Crippen LogP contribution < -0.4 is 5.32 Å². The van der Waals surface area contributed by atoms with E-state index in [9.17, 15) is 9.90 Å². The van der Waals surface area contributed by atoms with E-state index >= 15 is 0 Å². The number of nitrogens with one attached hydrogen (secondary N) is 1. The molecular weight excluding hydrogens is 288 g/mol. The van der Waals surface area contributed by atoms with Gasteiger partial charge in [0.2, 0.25) is 6.41 Å². The van der Waals surface area contributed by atoms with Crippen molar-refractivity contribution < 1.29 is 9.90 Å². The molecule has 2 aromatic carbocycles. The van der Waals surface area contributed by atoms with Gasteiger partial charge in [0, 0.05) is 13.1 Å². The fourth-order valence-corrected chi connectivity index (χ4v) is 2.56. The Morgan fingerprint density at radius 3 is 2.39 bits per heavy atom. The first-order valence-corrected chi connectivity index (χ1v) is 8.01. The van der Waals surface area contributed by atoms with Crippen molar-refractivity contribution in [1.29, 1.82) is 0 Å². The Morgan fingerprint density at radius 2 is 1.74 bits per heavy atom. The summed E-state index contributed by atoms with van der Waals surface area (Å²) in [6, 6.07) is 15.9. The van der Waals surface area contributed by atoms with E-state index in [1.807, 2.05) is 18.2 Å². The van der Waals surface area contributed by atoms with Crippen LogP contribution in [-0.4, -0.2) is 36.1 Å². The van der Waals surface area contributed by atoms with Gasteiger partial charge in [-0.15, -0.1) is 0 Å². The fourth-order valence-electron chi connectivity index (χ4n) is 2.56. The molecule has 0 heterocycles. The van der Waals surface area contributed by atoms with E-state index in [0.717, 1.165) is 38.0 Å². The lowest BCUT2D eigenvalue weighted by atomic mass is 10.1. The second-order valence-corrected chi connectivity index (χ2v) is 5.53. The summed E-state index contributed by atoms with van der Waals surface area (Å²) in [7, 11) is 0. The Hall–Kier alpha value is -2.33. The molecule has 0 atom stereocenters. The van der Waals surface area contributed by atoms with Crippen LogP contribution in [0.4, 0.5) is 5.69 Å². The van der Waals surface area contributed by atoms with Crippen LogP contribution in [0.3, 0.4) is 0 Å². The lowest BCUT2D eigenvalue weighted by molar-refractivity contribution is -0.105. The molecule has 0 radical (unpaired) electrons. The Bertz CT molecular complexity index is 614. The maximum absolute atomic E-state index is 10.5. The highest BCUT2D eigenvalue weighted by atomic mass is 16.3. The Kier molecular flexibility index (Phi) is 6.63. The van der Waals surface area contributed by atoms with Crippen molar-refractivity contribution in [2.24, 2.45) is 0 Å². The molecular formula is C19H24N2O2. The third-order valence-electron chi connectivity index (χ3n) is 4.00. The molecule has 23 heavy (non-hydrogen) atoms. The summed E-state index contributed by atoms with van der Waals surface area (Å²) in [5.74, 6) is 0.0947. The fraction of sp³-hybridized carbons (Fsp3) is 0.316. The molecule has 1 amide bonds. The number of hydrogen-bond acceptors (Lipinski definition) is 3. The quantitative estimate of drug-likeness (QED) is 0.553. The number of hydrogen-bond donors (Lipinski definition) is 2. The molecule has 2 N–H and O–H groups in total. The van der Waals surface area contributed by atoms with Crippen LogP contribution in [0, 0.1) is 0 Å². The van der Waals surface area contributed by atoms with Gasteiger partial charge in [0.1, 0.15) is 5.75 Å². The Labute approximate surface area is 137 Å². The first-order valence-electron chi connectivity index (χ1n) is 8.01. The molecule has 0 unspecified atom stereocenters. The van der Waals surface area contributed by atoms with Gasteiger partial charge in [-0.1, -0.05) is 43.3 Å². The van der Waals surface area contributed by atoms with Crippen LogP contribution in [0.25, 0.3) is 0 Å². The molecule has 0 aliphatic heterocycles. The molecule has 122 valence electrons. The second kappa shape index (κ2) is 8.96. The maximum atomic E-state index is 10.5. The van der Waals surface area contributed by atoms with Crippen molar-refractivity contribution in [2.75, 3.05) is 25.0 Å². The molecule has 4 heteroatoms. The molecule has 0 spiro atoms. The number of carbonyl (C=O) groups excluding carboxylic acids is 1. The summed E-state index contributed by atoms with van der Waals surface area (Å²) < 4.78 is 0. The largest absolute Gasteiger partial charge is 0.506 e. The molecule has 4 nitrogen and oxygen atoms in total. The van der Waals surface area contributed by atoms with Gasteiger partial charge in [-0.3, -0.25) is 4.79 Å². The van der Waals surface area contributed by atoms with Crippen molar-refractivity contribution in [3.63, 3.8) is 0 Å². The number of phenolic OH excluding ortho intramolecular Hbond substituents is 1. The standard InChI is InChI=1S/C19H24N2O2/c1-2-21(12-10-16-6-4-3-5-7-16)13-11-17-8-9-19(23)18(14-17)20-15-22/h3-9,14-15,23H,2,10-13H2,1H3,(H,20,22).